The standard InChI is InChI=1S/C19H26N4O4S/c1-3-7-22-8-10-23(11-9-22)18-13-16(19(24)25)15-12-14(5-6-17(15)20-18)21-28(26,27)4-2/h5-6,12-13,21H,3-4,7-11H2,1-2H3,(H,24,25). The van der Waals surface area contributed by atoms with Crippen molar-refractivity contribution in [1.82, 2.24) is 9.88 Å². The molecule has 1 aliphatic rings. The van der Waals surface area contributed by atoms with Crippen molar-refractivity contribution in [3.05, 3.63) is 29.8 Å². The van der Waals surface area contributed by atoms with E-state index in [4.69, 9.17) is 0 Å². The minimum atomic E-state index is -3.44. The quantitative estimate of drug-likeness (QED) is 0.727. The smallest absolute Gasteiger partial charge is 0.336 e. The zero-order valence-electron chi connectivity index (χ0n) is 16.2. The largest absolute Gasteiger partial charge is 0.478 e. The Morgan fingerprint density at radius 3 is 2.50 bits per heavy atom. The van der Waals surface area contributed by atoms with Crippen LogP contribution >= 0.6 is 0 Å². The van der Waals surface area contributed by atoms with Crippen LogP contribution in [-0.2, 0) is 10.0 Å². The van der Waals surface area contributed by atoms with Crippen molar-refractivity contribution in [2.75, 3.05) is 48.1 Å². The molecule has 2 N–H and O–H groups in total. The molecule has 0 atom stereocenters. The second-order valence-corrected chi connectivity index (χ2v) is 8.91. The highest BCUT2D eigenvalue weighted by Gasteiger charge is 2.21. The van der Waals surface area contributed by atoms with E-state index in [1.807, 2.05) is 0 Å². The van der Waals surface area contributed by atoms with E-state index in [2.05, 4.69) is 26.4 Å². The van der Waals surface area contributed by atoms with E-state index in [9.17, 15) is 18.3 Å². The van der Waals surface area contributed by atoms with Crippen LogP contribution in [0.25, 0.3) is 10.9 Å². The zero-order valence-corrected chi connectivity index (χ0v) is 17.0. The summed E-state index contributed by atoms with van der Waals surface area (Å²) < 4.78 is 26.1. The number of carboxylic acid groups (broad SMARTS) is 1. The third kappa shape index (κ3) is 4.53. The fourth-order valence-electron chi connectivity index (χ4n) is 3.38. The molecule has 9 heteroatoms. The summed E-state index contributed by atoms with van der Waals surface area (Å²) in [6, 6.07) is 6.38. The van der Waals surface area contributed by atoms with E-state index in [1.54, 1.807) is 25.1 Å². The van der Waals surface area contributed by atoms with Crippen LogP contribution in [0.3, 0.4) is 0 Å². The number of nitrogens with one attached hydrogen (secondary N) is 1. The van der Waals surface area contributed by atoms with Crippen LogP contribution in [0.15, 0.2) is 24.3 Å². The molecule has 0 saturated carbocycles. The van der Waals surface area contributed by atoms with Gasteiger partial charge in [-0.15, -0.1) is 0 Å². The van der Waals surface area contributed by atoms with Gasteiger partial charge in [0.15, 0.2) is 0 Å². The summed E-state index contributed by atoms with van der Waals surface area (Å²) in [5.41, 5.74) is 0.985. The van der Waals surface area contributed by atoms with Crippen LogP contribution in [-0.4, -0.2) is 67.9 Å². The molecule has 1 fully saturated rings. The number of fused-ring (bicyclic) bond motifs is 1. The van der Waals surface area contributed by atoms with Gasteiger partial charge >= 0.3 is 5.97 Å². The van der Waals surface area contributed by atoms with Gasteiger partial charge in [-0.1, -0.05) is 6.92 Å². The van der Waals surface area contributed by atoms with Crippen molar-refractivity contribution in [2.45, 2.75) is 20.3 Å². The summed E-state index contributed by atoms with van der Waals surface area (Å²) in [6.07, 6.45) is 1.11. The molecule has 0 aliphatic carbocycles. The number of carboxylic acids is 1. The van der Waals surface area contributed by atoms with Gasteiger partial charge in [-0.05, 0) is 44.2 Å². The van der Waals surface area contributed by atoms with E-state index >= 15 is 0 Å². The summed E-state index contributed by atoms with van der Waals surface area (Å²) in [5, 5.41) is 10.1. The molecule has 8 nitrogen and oxygen atoms in total. The Balaban J connectivity index is 1.94. The van der Waals surface area contributed by atoms with Gasteiger partial charge in [0.05, 0.1) is 16.8 Å². The number of nitrogens with zero attached hydrogens (tertiary/aromatic N) is 3. The number of anilines is 2. The summed E-state index contributed by atoms with van der Waals surface area (Å²) in [7, 11) is -3.44. The number of hydrogen-bond donors (Lipinski definition) is 2. The molecule has 2 aromatic rings. The maximum absolute atomic E-state index is 11.8. The van der Waals surface area contributed by atoms with Gasteiger partial charge in [0.25, 0.3) is 0 Å². The molecule has 0 radical (unpaired) electrons. The minimum absolute atomic E-state index is 0.0575. The van der Waals surface area contributed by atoms with Crippen LogP contribution in [0.1, 0.15) is 30.6 Å². The lowest BCUT2D eigenvalue weighted by Gasteiger charge is -2.35. The first kappa shape index (κ1) is 20.3. The molecule has 1 aromatic heterocycles. The second kappa shape index (κ2) is 8.32. The summed E-state index contributed by atoms with van der Waals surface area (Å²) in [4.78, 5) is 21.0. The number of carbonyl (C=O) groups is 1. The van der Waals surface area contributed by atoms with Crippen LogP contribution < -0.4 is 9.62 Å². The van der Waals surface area contributed by atoms with Crippen molar-refractivity contribution >= 4 is 38.4 Å². The molecule has 0 amide bonds. The van der Waals surface area contributed by atoms with Crippen LogP contribution in [0, 0.1) is 0 Å². The molecule has 1 aromatic carbocycles. The number of aromatic nitrogens is 1. The minimum Gasteiger partial charge on any atom is -0.478 e. The van der Waals surface area contributed by atoms with Crippen LogP contribution in [0.5, 0.6) is 0 Å². The van der Waals surface area contributed by atoms with Crippen molar-refractivity contribution in [3.8, 4) is 0 Å². The zero-order chi connectivity index (χ0) is 20.3. The van der Waals surface area contributed by atoms with E-state index in [1.165, 1.54) is 6.07 Å². The average molecular weight is 407 g/mol. The first-order valence-electron chi connectivity index (χ1n) is 9.49. The number of rotatable bonds is 7. The van der Waals surface area contributed by atoms with Crippen LogP contribution in [0.2, 0.25) is 0 Å². The molecule has 152 valence electrons. The fourth-order valence-corrected chi connectivity index (χ4v) is 4.01. The third-order valence-electron chi connectivity index (χ3n) is 4.92. The molecule has 28 heavy (non-hydrogen) atoms. The number of sulfonamides is 1. The predicted molar refractivity (Wildman–Crippen MR) is 111 cm³/mol. The molecular weight excluding hydrogens is 380 g/mol. The number of piperazine rings is 1. The lowest BCUT2D eigenvalue weighted by atomic mass is 10.1. The molecule has 0 bridgehead atoms. The Bertz CT molecular complexity index is 969. The molecule has 0 spiro atoms. The van der Waals surface area contributed by atoms with Gasteiger partial charge < -0.3 is 10.0 Å². The van der Waals surface area contributed by atoms with Gasteiger partial charge in [-0.3, -0.25) is 9.62 Å². The average Bonchev–Trinajstić information content (AvgIpc) is 2.67. The first-order valence-corrected chi connectivity index (χ1v) is 11.1. The van der Waals surface area contributed by atoms with Crippen molar-refractivity contribution in [1.29, 1.82) is 0 Å². The van der Waals surface area contributed by atoms with Gasteiger partial charge in [-0.2, -0.15) is 0 Å². The lowest BCUT2D eigenvalue weighted by molar-refractivity contribution is 0.0699. The highest BCUT2D eigenvalue weighted by molar-refractivity contribution is 7.92. The van der Waals surface area contributed by atoms with Crippen molar-refractivity contribution < 1.29 is 18.3 Å². The topological polar surface area (TPSA) is 103 Å². The third-order valence-corrected chi connectivity index (χ3v) is 6.22. The second-order valence-electron chi connectivity index (χ2n) is 6.90. The molecule has 0 unspecified atom stereocenters. The van der Waals surface area contributed by atoms with Gasteiger partial charge in [0.2, 0.25) is 10.0 Å². The molecular formula is C19H26N4O4S. The Morgan fingerprint density at radius 2 is 1.89 bits per heavy atom. The summed E-state index contributed by atoms with van der Waals surface area (Å²) in [6.45, 7) is 8.21. The fraction of sp³-hybridized carbons (Fsp3) is 0.474. The Kier molecular flexibility index (Phi) is 6.04. The maximum Gasteiger partial charge on any atom is 0.336 e. The monoisotopic (exact) mass is 406 g/mol. The summed E-state index contributed by atoms with van der Waals surface area (Å²) >= 11 is 0. The number of aromatic carboxylic acids is 1. The Labute approximate surface area is 165 Å². The first-order chi connectivity index (χ1) is 13.3. The Hall–Kier alpha value is -2.39. The Morgan fingerprint density at radius 1 is 1.18 bits per heavy atom. The lowest BCUT2D eigenvalue weighted by Crippen LogP contribution is -2.46. The molecule has 3 rings (SSSR count). The van der Waals surface area contributed by atoms with Gasteiger partial charge in [-0.25, -0.2) is 18.2 Å². The van der Waals surface area contributed by atoms with E-state index in [0.29, 0.717) is 22.4 Å². The van der Waals surface area contributed by atoms with E-state index in [-0.39, 0.29) is 11.3 Å². The van der Waals surface area contributed by atoms with Gasteiger partial charge in [0.1, 0.15) is 5.82 Å². The number of hydrogen-bond acceptors (Lipinski definition) is 6. The van der Waals surface area contributed by atoms with Crippen LogP contribution in [0.4, 0.5) is 11.5 Å². The van der Waals surface area contributed by atoms with E-state index in [0.717, 1.165) is 39.1 Å². The molecule has 2 heterocycles. The van der Waals surface area contributed by atoms with E-state index < -0.39 is 16.0 Å². The predicted octanol–water partition coefficient (Wildman–Crippen LogP) is 2.23. The molecule has 1 saturated heterocycles. The maximum atomic E-state index is 11.8. The number of pyridine rings is 1. The molecule has 1 aliphatic heterocycles. The SMILES string of the molecule is CCCN1CCN(c2cc(C(=O)O)c3cc(NS(=O)(=O)CC)ccc3n2)CC1. The van der Waals surface area contributed by atoms with Crippen molar-refractivity contribution in [2.24, 2.45) is 0 Å². The highest BCUT2D eigenvalue weighted by atomic mass is 32.2. The van der Waals surface area contributed by atoms with Crippen molar-refractivity contribution in [3.63, 3.8) is 0 Å². The normalized spacial score (nSPS) is 15.7. The highest BCUT2D eigenvalue weighted by Crippen LogP contribution is 2.27. The van der Waals surface area contributed by atoms with Gasteiger partial charge in [0, 0.05) is 37.3 Å². The summed E-state index contributed by atoms with van der Waals surface area (Å²) in [5.74, 6) is -0.477. The number of benzene rings is 1.